The molecule has 0 aliphatic carbocycles. The molecule has 2 N–H and O–H groups in total. The summed E-state index contributed by atoms with van der Waals surface area (Å²) < 4.78 is 11.1. The van der Waals surface area contributed by atoms with Gasteiger partial charge < -0.3 is 19.0 Å². The first-order valence-electron chi connectivity index (χ1n) is 11.2. The van der Waals surface area contributed by atoms with E-state index in [0.29, 0.717) is 12.4 Å². The number of hydrogen-bond donors (Lipinski definition) is 2. The number of rotatable bonds is 7. The topological polar surface area (TPSA) is 109 Å². The number of aromatic nitrogens is 6. The highest BCUT2D eigenvalue weighted by Crippen LogP contribution is 2.34. The van der Waals surface area contributed by atoms with Crippen LogP contribution in [0.25, 0.3) is 55.7 Å². The Bertz CT molecular complexity index is 1620. The summed E-state index contributed by atoms with van der Waals surface area (Å²) in [6.45, 7) is 1.42. The third-order valence-electron chi connectivity index (χ3n) is 5.86. The van der Waals surface area contributed by atoms with Crippen molar-refractivity contribution in [1.29, 1.82) is 0 Å². The molecular weight excluding hydrogens is 442 g/mol. The molecule has 0 aliphatic heterocycles. The molecule has 9 heteroatoms. The number of furan rings is 1. The van der Waals surface area contributed by atoms with Crippen molar-refractivity contribution in [3.05, 3.63) is 67.6 Å². The Kier molecular flexibility index (Phi) is 5.23. The van der Waals surface area contributed by atoms with Crippen LogP contribution in [-0.4, -0.2) is 62.3 Å². The molecule has 0 saturated heterocycles. The summed E-state index contributed by atoms with van der Waals surface area (Å²) in [7, 11) is 4.03. The van der Waals surface area contributed by atoms with Crippen LogP contribution in [0.4, 0.5) is 0 Å². The van der Waals surface area contributed by atoms with Crippen LogP contribution in [0.2, 0.25) is 0 Å². The van der Waals surface area contributed by atoms with E-state index in [2.05, 4.69) is 41.1 Å². The molecule has 6 rings (SSSR count). The number of aromatic amines is 2. The van der Waals surface area contributed by atoms with Crippen LogP contribution in [0, 0.1) is 0 Å². The third kappa shape index (κ3) is 4.02. The van der Waals surface area contributed by atoms with E-state index in [4.69, 9.17) is 9.15 Å². The maximum atomic E-state index is 5.85. The molecule has 0 bridgehead atoms. The summed E-state index contributed by atoms with van der Waals surface area (Å²) in [5.41, 5.74) is 6.99. The molecule has 0 amide bonds. The van der Waals surface area contributed by atoms with Crippen LogP contribution in [0.5, 0.6) is 5.75 Å². The second-order valence-electron chi connectivity index (χ2n) is 8.56. The lowest BCUT2D eigenvalue weighted by molar-refractivity contribution is 0.261. The van der Waals surface area contributed by atoms with Gasteiger partial charge in [0.15, 0.2) is 0 Å². The van der Waals surface area contributed by atoms with Crippen molar-refractivity contribution < 1.29 is 9.15 Å². The fourth-order valence-corrected chi connectivity index (χ4v) is 4.07. The maximum absolute atomic E-state index is 5.85. The van der Waals surface area contributed by atoms with Gasteiger partial charge in [-0.1, -0.05) is 0 Å². The van der Waals surface area contributed by atoms with Gasteiger partial charge in [0.05, 0.1) is 47.5 Å². The number of nitrogens with zero attached hydrogens (tertiary/aromatic N) is 5. The van der Waals surface area contributed by atoms with Crippen molar-refractivity contribution in [2.75, 3.05) is 27.2 Å². The SMILES string of the molecule is CN(C)CCOc1cncc(-c2cc3c(-c4cc5c(-c6ccoc6)nccc5[nH]4)n[nH]c3cn2)c1. The summed E-state index contributed by atoms with van der Waals surface area (Å²) in [4.78, 5) is 19.1. The van der Waals surface area contributed by atoms with Crippen LogP contribution in [0.1, 0.15) is 0 Å². The number of fused-ring (bicyclic) bond motifs is 2. The molecule has 0 spiro atoms. The molecule has 0 unspecified atom stereocenters. The molecule has 0 aromatic carbocycles. The standard InChI is InChI=1S/C26H23N7O2/c1-33(2)6-8-35-18-9-17(12-27-13-18)22-10-20-24(14-29-22)31-32-26(20)23-11-19-21(30-23)3-5-28-25(19)16-4-7-34-15-16/h3-5,7,9-15,30H,6,8H2,1-2H3,(H,31,32). The quantitative estimate of drug-likeness (QED) is 0.350. The van der Waals surface area contributed by atoms with E-state index in [1.807, 2.05) is 38.4 Å². The number of likely N-dealkylation sites (N-methyl/N-ethyl adjacent to an activating group) is 1. The van der Waals surface area contributed by atoms with Gasteiger partial charge in [0.25, 0.3) is 0 Å². The maximum Gasteiger partial charge on any atom is 0.138 e. The Morgan fingerprint density at radius 1 is 0.943 bits per heavy atom. The zero-order chi connectivity index (χ0) is 23.8. The molecule has 0 atom stereocenters. The first kappa shape index (κ1) is 21.1. The third-order valence-corrected chi connectivity index (χ3v) is 5.86. The van der Waals surface area contributed by atoms with Crippen molar-refractivity contribution in [3.63, 3.8) is 0 Å². The predicted molar refractivity (Wildman–Crippen MR) is 134 cm³/mol. The number of ether oxygens (including phenoxy) is 1. The van der Waals surface area contributed by atoms with E-state index in [1.54, 1.807) is 37.3 Å². The molecule has 6 heterocycles. The van der Waals surface area contributed by atoms with Crippen LogP contribution < -0.4 is 4.74 Å². The molecule has 174 valence electrons. The average molecular weight is 466 g/mol. The van der Waals surface area contributed by atoms with Gasteiger partial charge >= 0.3 is 0 Å². The number of nitrogens with one attached hydrogen (secondary N) is 2. The van der Waals surface area contributed by atoms with Crippen molar-refractivity contribution in [1.82, 2.24) is 35.0 Å². The van der Waals surface area contributed by atoms with Gasteiger partial charge in [-0.2, -0.15) is 5.10 Å². The lowest BCUT2D eigenvalue weighted by Gasteiger charge is -2.11. The minimum atomic E-state index is 0.590. The highest BCUT2D eigenvalue weighted by atomic mass is 16.5. The van der Waals surface area contributed by atoms with Crippen LogP contribution >= 0.6 is 0 Å². The molecule has 6 aromatic rings. The number of pyridine rings is 3. The smallest absolute Gasteiger partial charge is 0.138 e. The van der Waals surface area contributed by atoms with E-state index in [1.165, 1.54) is 0 Å². The Hall–Kier alpha value is -4.50. The lowest BCUT2D eigenvalue weighted by atomic mass is 10.1. The van der Waals surface area contributed by atoms with Crippen LogP contribution in [0.3, 0.4) is 0 Å². The summed E-state index contributed by atoms with van der Waals surface area (Å²) in [5, 5.41) is 9.63. The van der Waals surface area contributed by atoms with E-state index in [0.717, 1.165) is 62.3 Å². The van der Waals surface area contributed by atoms with E-state index < -0.39 is 0 Å². The second-order valence-corrected chi connectivity index (χ2v) is 8.56. The van der Waals surface area contributed by atoms with E-state index in [-0.39, 0.29) is 0 Å². The van der Waals surface area contributed by atoms with Crippen molar-refractivity contribution in [3.8, 4) is 39.7 Å². The largest absolute Gasteiger partial charge is 0.491 e. The van der Waals surface area contributed by atoms with Crippen LogP contribution in [0.15, 0.2) is 72.1 Å². The Morgan fingerprint density at radius 3 is 2.71 bits per heavy atom. The lowest BCUT2D eigenvalue weighted by Crippen LogP contribution is -2.19. The van der Waals surface area contributed by atoms with Gasteiger partial charge in [-0.25, -0.2) is 0 Å². The fourth-order valence-electron chi connectivity index (χ4n) is 4.07. The summed E-state index contributed by atoms with van der Waals surface area (Å²) in [6, 6.07) is 9.92. The first-order chi connectivity index (χ1) is 17.2. The van der Waals surface area contributed by atoms with Crippen molar-refractivity contribution >= 4 is 21.8 Å². The Morgan fingerprint density at radius 2 is 1.86 bits per heavy atom. The second kappa shape index (κ2) is 8.69. The molecule has 0 radical (unpaired) electrons. The van der Waals surface area contributed by atoms with Gasteiger partial charge in [-0.3, -0.25) is 20.1 Å². The van der Waals surface area contributed by atoms with Crippen molar-refractivity contribution in [2.24, 2.45) is 0 Å². The Balaban J connectivity index is 1.38. The highest BCUT2D eigenvalue weighted by Gasteiger charge is 2.16. The highest BCUT2D eigenvalue weighted by molar-refractivity contribution is 6.00. The van der Waals surface area contributed by atoms with Gasteiger partial charge in [0.2, 0.25) is 0 Å². The number of hydrogen-bond acceptors (Lipinski definition) is 7. The molecule has 9 nitrogen and oxygen atoms in total. The normalized spacial score (nSPS) is 11.6. The molecule has 35 heavy (non-hydrogen) atoms. The summed E-state index contributed by atoms with van der Waals surface area (Å²) >= 11 is 0. The molecule has 6 aromatic heterocycles. The van der Waals surface area contributed by atoms with E-state index >= 15 is 0 Å². The minimum Gasteiger partial charge on any atom is -0.491 e. The molecule has 0 aliphatic rings. The Labute approximate surface area is 200 Å². The summed E-state index contributed by atoms with van der Waals surface area (Å²) in [5.74, 6) is 0.716. The van der Waals surface area contributed by atoms with Gasteiger partial charge in [0, 0.05) is 46.4 Å². The first-order valence-corrected chi connectivity index (χ1v) is 11.2. The monoisotopic (exact) mass is 465 g/mol. The fraction of sp³-hybridized carbons (Fsp3) is 0.154. The summed E-state index contributed by atoms with van der Waals surface area (Å²) in [6.07, 6.45) is 10.4. The molecular formula is C26H23N7O2. The average Bonchev–Trinajstić information content (AvgIpc) is 3.62. The molecule has 0 fully saturated rings. The van der Waals surface area contributed by atoms with Crippen LogP contribution in [-0.2, 0) is 0 Å². The van der Waals surface area contributed by atoms with E-state index in [9.17, 15) is 0 Å². The van der Waals surface area contributed by atoms with Gasteiger partial charge in [-0.15, -0.1) is 0 Å². The van der Waals surface area contributed by atoms with Gasteiger partial charge in [-0.05, 0) is 44.4 Å². The zero-order valence-corrected chi connectivity index (χ0v) is 19.3. The predicted octanol–water partition coefficient (Wildman–Crippen LogP) is 4.76. The molecule has 0 saturated carbocycles. The zero-order valence-electron chi connectivity index (χ0n) is 19.3. The number of H-pyrrole nitrogens is 2. The minimum absolute atomic E-state index is 0.590. The van der Waals surface area contributed by atoms with Gasteiger partial charge in [0.1, 0.15) is 18.1 Å². The van der Waals surface area contributed by atoms with Crippen molar-refractivity contribution in [2.45, 2.75) is 0 Å².